The minimum atomic E-state index is -0.411. The van der Waals surface area contributed by atoms with Crippen LogP contribution >= 0.6 is 0 Å². The van der Waals surface area contributed by atoms with Crippen LogP contribution in [0, 0.1) is 12.7 Å². The quantitative estimate of drug-likeness (QED) is 0.339. The number of aliphatic hydroxyl groups excluding tert-OH is 1. The predicted molar refractivity (Wildman–Crippen MR) is 122 cm³/mol. The number of nitrogens with one attached hydrogen (secondary N) is 1. The van der Waals surface area contributed by atoms with Gasteiger partial charge in [-0.05, 0) is 55.0 Å². The first-order valence-electron chi connectivity index (χ1n) is 10.5. The number of H-pyrrole nitrogens is 1. The highest BCUT2D eigenvalue weighted by Gasteiger charge is 2.26. The van der Waals surface area contributed by atoms with Crippen LogP contribution in [0.5, 0.6) is 0 Å². The van der Waals surface area contributed by atoms with E-state index in [1.165, 1.54) is 21.2 Å². The molecule has 0 aliphatic heterocycles. The summed E-state index contributed by atoms with van der Waals surface area (Å²) in [5.74, 6) is -0.404. The van der Waals surface area contributed by atoms with Gasteiger partial charge in [0.05, 0.1) is 23.6 Å². The molecule has 5 rings (SSSR count). The molecule has 0 fully saturated rings. The number of nitrogens with zero attached hydrogens (tertiary/aromatic N) is 6. The molecule has 0 unspecified atom stereocenters. The second-order valence-electron chi connectivity index (χ2n) is 7.99. The number of halogens is 1. The molecule has 34 heavy (non-hydrogen) atoms. The van der Waals surface area contributed by atoms with E-state index in [2.05, 4.69) is 20.2 Å². The number of fused-ring (bicyclic) bond motifs is 1. The van der Waals surface area contributed by atoms with Crippen LogP contribution in [-0.4, -0.2) is 34.6 Å². The molecule has 0 aliphatic rings. The maximum atomic E-state index is 13.6. The zero-order chi connectivity index (χ0) is 24.0. The molecular weight excluding hydrogens is 439 g/mol. The summed E-state index contributed by atoms with van der Waals surface area (Å²) < 4.78 is 18.0. The number of hydrogen-bond acceptors (Lipinski definition) is 6. The highest BCUT2D eigenvalue weighted by atomic mass is 19.1. The van der Waals surface area contributed by atoms with Crippen molar-refractivity contribution in [3.8, 4) is 22.4 Å². The third-order valence-corrected chi connectivity index (χ3v) is 5.48. The fourth-order valence-corrected chi connectivity index (χ4v) is 4.02. The SMILES string of the molecule is Cc1cc(-c2c(-c3ccc(F)cc3)nc(N)[n+]3c(=O)n(Cc4ccn(C)n4)[nH]c23)cc(CO)n1. The molecular formula is C23H22FN8O2+. The number of aliphatic hydroxyl groups is 1. The molecule has 0 bridgehead atoms. The van der Waals surface area contributed by atoms with Crippen molar-refractivity contribution in [3.63, 3.8) is 0 Å². The van der Waals surface area contributed by atoms with E-state index in [0.29, 0.717) is 45.1 Å². The van der Waals surface area contributed by atoms with Crippen LogP contribution in [0.2, 0.25) is 0 Å². The average Bonchev–Trinajstić information content (AvgIpc) is 3.36. The van der Waals surface area contributed by atoms with Crippen molar-refractivity contribution in [2.24, 2.45) is 7.05 Å². The number of benzene rings is 1. The smallest absolute Gasteiger partial charge is 0.390 e. The molecule has 0 spiro atoms. The molecule has 0 amide bonds. The van der Waals surface area contributed by atoms with Crippen molar-refractivity contribution in [1.82, 2.24) is 29.5 Å². The molecule has 172 valence electrons. The first-order chi connectivity index (χ1) is 16.3. The van der Waals surface area contributed by atoms with E-state index in [9.17, 15) is 14.3 Å². The molecule has 0 saturated heterocycles. The summed E-state index contributed by atoms with van der Waals surface area (Å²) in [6.45, 7) is 1.75. The van der Waals surface area contributed by atoms with Crippen LogP contribution in [0.15, 0.2) is 53.5 Å². The molecule has 4 N–H and O–H groups in total. The van der Waals surface area contributed by atoms with Gasteiger partial charge in [0.1, 0.15) is 18.1 Å². The van der Waals surface area contributed by atoms with Gasteiger partial charge in [-0.15, -0.1) is 9.38 Å². The Kier molecular flexibility index (Phi) is 5.17. The largest absolute Gasteiger partial charge is 0.428 e. The number of anilines is 1. The van der Waals surface area contributed by atoms with Crippen LogP contribution in [0.3, 0.4) is 0 Å². The monoisotopic (exact) mass is 461 g/mol. The Morgan fingerprint density at radius 3 is 2.56 bits per heavy atom. The Labute approximate surface area is 192 Å². The first kappa shape index (κ1) is 21.5. The maximum Gasteiger partial charge on any atom is 0.428 e. The van der Waals surface area contributed by atoms with E-state index in [4.69, 9.17) is 5.73 Å². The van der Waals surface area contributed by atoms with E-state index in [1.807, 2.05) is 19.1 Å². The fraction of sp³-hybridized carbons (Fsp3) is 0.174. The average molecular weight is 461 g/mol. The first-order valence-corrected chi connectivity index (χ1v) is 10.5. The number of aromatic amines is 1. The van der Waals surface area contributed by atoms with Gasteiger partial charge in [-0.25, -0.2) is 14.3 Å². The molecule has 10 nitrogen and oxygen atoms in total. The Balaban J connectivity index is 1.82. The zero-order valence-corrected chi connectivity index (χ0v) is 18.5. The summed E-state index contributed by atoms with van der Waals surface area (Å²) in [6, 6.07) is 11.2. The molecule has 0 radical (unpaired) electrons. The van der Waals surface area contributed by atoms with Gasteiger partial charge < -0.3 is 10.8 Å². The van der Waals surface area contributed by atoms with E-state index >= 15 is 0 Å². The van der Waals surface area contributed by atoms with Crippen molar-refractivity contribution in [3.05, 3.63) is 82.0 Å². The second kappa shape index (κ2) is 8.19. The molecule has 5 aromatic rings. The Hall–Kier alpha value is -4.38. The number of hydrogen-bond donors (Lipinski definition) is 3. The molecule has 4 aromatic heterocycles. The highest BCUT2D eigenvalue weighted by Crippen LogP contribution is 2.33. The van der Waals surface area contributed by atoms with Crippen molar-refractivity contribution >= 4 is 11.6 Å². The predicted octanol–water partition coefficient (Wildman–Crippen LogP) is 1.34. The molecule has 4 heterocycles. The normalized spacial score (nSPS) is 11.4. The Bertz CT molecular complexity index is 1580. The van der Waals surface area contributed by atoms with Gasteiger partial charge in [0.2, 0.25) is 5.65 Å². The Morgan fingerprint density at radius 1 is 1.12 bits per heavy atom. The molecule has 0 aliphatic carbocycles. The van der Waals surface area contributed by atoms with Gasteiger partial charge in [-0.1, -0.05) is 0 Å². The highest BCUT2D eigenvalue weighted by molar-refractivity contribution is 5.88. The van der Waals surface area contributed by atoms with E-state index in [-0.39, 0.29) is 24.9 Å². The summed E-state index contributed by atoms with van der Waals surface area (Å²) in [4.78, 5) is 22.1. The molecule has 1 aromatic carbocycles. The third kappa shape index (κ3) is 3.71. The van der Waals surface area contributed by atoms with E-state index < -0.39 is 5.69 Å². The Morgan fingerprint density at radius 2 is 1.88 bits per heavy atom. The minimum Gasteiger partial charge on any atom is -0.390 e. The van der Waals surface area contributed by atoms with Crippen molar-refractivity contribution < 1.29 is 13.9 Å². The zero-order valence-electron chi connectivity index (χ0n) is 18.5. The maximum absolute atomic E-state index is 13.6. The third-order valence-electron chi connectivity index (χ3n) is 5.48. The summed E-state index contributed by atoms with van der Waals surface area (Å²) in [5, 5.41) is 17.2. The van der Waals surface area contributed by atoms with Crippen molar-refractivity contribution in [1.29, 1.82) is 0 Å². The van der Waals surface area contributed by atoms with Crippen LogP contribution in [-0.2, 0) is 20.2 Å². The molecule has 0 atom stereocenters. The topological polar surface area (TPSA) is 132 Å². The number of aryl methyl sites for hydroxylation is 2. The lowest BCUT2D eigenvalue weighted by Crippen LogP contribution is -2.44. The number of rotatable bonds is 5. The molecule has 0 saturated carbocycles. The number of nitrogens with two attached hydrogens (primary N) is 1. The number of aromatic nitrogens is 7. The second-order valence-corrected chi connectivity index (χ2v) is 7.99. The van der Waals surface area contributed by atoms with Gasteiger partial charge in [0, 0.05) is 24.5 Å². The van der Waals surface area contributed by atoms with Crippen molar-refractivity contribution in [2.75, 3.05) is 5.73 Å². The van der Waals surface area contributed by atoms with Crippen LogP contribution in [0.25, 0.3) is 28.0 Å². The lowest BCUT2D eigenvalue weighted by molar-refractivity contribution is -0.516. The van der Waals surface area contributed by atoms with Crippen LogP contribution < -0.4 is 15.8 Å². The standard InChI is InChI=1S/C23H21FN8O2/c1-13-9-15(10-18(12-33)26-13)19-20(14-3-5-16(24)6-4-14)27-22(25)32-21(19)29-31(23(32)34)11-17-7-8-30(2)28-17/h3-10,33H,11-12H2,1-2H3,(H2,25,26,27,29)/p+1. The lowest BCUT2D eigenvalue weighted by atomic mass is 9.99. The summed E-state index contributed by atoms with van der Waals surface area (Å²) >= 11 is 0. The van der Waals surface area contributed by atoms with Gasteiger partial charge in [0.25, 0.3) is 0 Å². The van der Waals surface area contributed by atoms with Gasteiger partial charge in [-0.3, -0.25) is 9.67 Å². The number of nitrogen functional groups attached to an aromatic ring is 1. The number of pyridine rings is 1. The summed E-state index contributed by atoms with van der Waals surface area (Å²) in [5.41, 5.74) is 10.4. The summed E-state index contributed by atoms with van der Waals surface area (Å²) in [6.07, 6.45) is 1.79. The van der Waals surface area contributed by atoms with E-state index in [1.54, 1.807) is 36.1 Å². The van der Waals surface area contributed by atoms with E-state index in [0.717, 1.165) is 0 Å². The van der Waals surface area contributed by atoms with Gasteiger partial charge >= 0.3 is 11.6 Å². The lowest BCUT2D eigenvalue weighted by Gasteiger charge is -2.10. The van der Waals surface area contributed by atoms with Crippen LogP contribution in [0.4, 0.5) is 10.3 Å². The van der Waals surface area contributed by atoms with Gasteiger partial charge in [0.15, 0.2) is 0 Å². The fourth-order valence-electron chi connectivity index (χ4n) is 4.02. The van der Waals surface area contributed by atoms with Crippen LogP contribution in [0.1, 0.15) is 17.1 Å². The molecule has 11 heteroatoms. The van der Waals surface area contributed by atoms with Crippen molar-refractivity contribution in [2.45, 2.75) is 20.1 Å². The summed E-state index contributed by atoms with van der Waals surface area (Å²) in [7, 11) is 1.80. The van der Waals surface area contributed by atoms with Gasteiger partial charge in [-0.2, -0.15) is 9.78 Å². The minimum absolute atomic E-state index is 0.0211.